The number of carboxylic acids is 1. The lowest BCUT2D eigenvalue weighted by molar-refractivity contribution is -0.144. The van der Waals surface area contributed by atoms with Crippen molar-refractivity contribution in [3.05, 3.63) is 0 Å². The molecule has 20 heavy (non-hydrogen) atoms. The van der Waals surface area contributed by atoms with Gasteiger partial charge in [-0.25, -0.2) is 9.59 Å². The molecular formula is C14H23N3O3. The molecule has 3 unspecified atom stereocenters. The fourth-order valence-corrected chi connectivity index (χ4v) is 2.53. The number of rotatable bonds is 4. The number of nitriles is 1. The van der Waals surface area contributed by atoms with Gasteiger partial charge in [-0.1, -0.05) is 13.3 Å². The van der Waals surface area contributed by atoms with Gasteiger partial charge in [-0.05, 0) is 25.7 Å². The number of carbonyl (C=O) groups is 2. The standard InChI is InChI=1S/C14H23N3O3/c1-4-11-6-8-17(12(9-11)13(18)19)14(20)16(3)10(2)5-7-15/h10-12H,4-6,8-9H2,1-3H3,(H,18,19). The Morgan fingerprint density at radius 3 is 2.70 bits per heavy atom. The summed E-state index contributed by atoms with van der Waals surface area (Å²) in [6.45, 7) is 4.30. The van der Waals surface area contributed by atoms with E-state index in [0.29, 0.717) is 18.9 Å². The molecule has 2 amide bonds. The predicted octanol–water partition coefficient (Wildman–Crippen LogP) is 1.92. The normalized spacial score (nSPS) is 23.8. The quantitative estimate of drug-likeness (QED) is 0.853. The fourth-order valence-electron chi connectivity index (χ4n) is 2.53. The Labute approximate surface area is 120 Å². The van der Waals surface area contributed by atoms with Crippen molar-refractivity contribution in [3.63, 3.8) is 0 Å². The Bertz CT molecular complexity index is 405. The smallest absolute Gasteiger partial charge is 0.326 e. The van der Waals surface area contributed by atoms with Crippen LogP contribution in [0.5, 0.6) is 0 Å². The van der Waals surface area contributed by atoms with Crippen LogP contribution in [-0.2, 0) is 4.79 Å². The second-order valence-corrected chi connectivity index (χ2v) is 5.45. The molecule has 6 nitrogen and oxygen atoms in total. The van der Waals surface area contributed by atoms with Crippen molar-refractivity contribution in [2.45, 2.75) is 51.6 Å². The van der Waals surface area contributed by atoms with E-state index < -0.39 is 12.0 Å². The van der Waals surface area contributed by atoms with Gasteiger partial charge in [-0.15, -0.1) is 0 Å². The number of nitrogens with zero attached hydrogens (tertiary/aromatic N) is 3. The van der Waals surface area contributed by atoms with Gasteiger partial charge in [0.25, 0.3) is 0 Å². The molecule has 1 saturated heterocycles. The van der Waals surface area contributed by atoms with Gasteiger partial charge in [0, 0.05) is 19.6 Å². The number of amides is 2. The molecule has 1 fully saturated rings. The zero-order chi connectivity index (χ0) is 15.3. The molecule has 1 aliphatic heterocycles. The highest BCUT2D eigenvalue weighted by Gasteiger charge is 2.37. The third kappa shape index (κ3) is 3.62. The third-order valence-electron chi connectivity index (χ3n) is 4.17. The summed E-state index contributed by atoms with van der Waals surface area (Å²) >= 11 is 0. The number of likely N-dealkylation sites (tertiary alicyclic amines) is 1. The van der Waals surface area contributed by atoms with Crippen LogP contribution in [0.3, 0.4) is 0 Å². The van der Waals surface area contributed by atoms with Crippen LogP contribution in [-0.4, -0.2) is 52.6 Å². The molecule has 0 radical (unpaired) electrons. The van der Waals surface area contributed by atoms with E-state index >= 15 is 0 Å². The number of urea groups is 1. The zero-order valence-electron chi connectivity index (χ0n) is 12.4. The molecule has 0 aliphatic carbocycles. The lowest BCUT2D eigenvalue weighted by Gasteiger charge is -2.39. The molecule has 0 bridgehead atoms. The Hall–Kier alpha value is -1.77. The van der Waals surface area contributed by atoms with Crippen LogP contribution in [0.15, 0.2) is 0 Å². The van der Waals surface area contributed by atoms with Crippen LogP contribution in [0.2, 0.25) is 0 Å². The molecule has 3 atom stereocenters. The first kappa shape index (κ1) is 16.3. The Balaban J connectivity index is 2.80. The molecule has 1 N–H and O–H groups in total. The zero-order valence-corrected chi connectivity index (χ0v) is 12.4. The summed E-state index contributed by atoms with van der Waals surface area (Å²) in [6, 6.07) is 0.762. The van der Waals surface area contributed by atoms with Gasteiger partial charge in [0.05, 0.1) is 12.5 Å². The first-order valence-electron chi connectivity index (χ1n) is 7.05. The molecule has 0 saturated carbocycles. The molecular weight excluding hydrogens is 258 g/mol. The van der Waals surface area contributed by atoms with Crippen molar-refractivity contribution in [2.75, 3.05) is 13.6 Å². The maximum atomic E-state index is 12.4. The van der Waals surface area contributed by atoms with Gasteiger partial charge in [-0.3, -0.25) is 0 Å². The van der Waals surface area contributed by atoms with Crippen LogP contribution < -0.4 is 0 Å². The topological polar surface area (TPSA) is 84.6 Å². The summed E-state index contributed by atoms with van der Waals surface area (Å²) < 4.78 is 0. The first-order chi connectivity index (χ1) is 9.42. The van der Waals surface area contributed by atoms with Crippen LogP contribution in [0.25, 0.3) is 0 Å². The first-order valence-corrected chi connectivity index (χ1v) is 7.05. The van der Waals surface area contributed by atoms with E-state index in [9.17, 15) is 14.7 Å². The Morgan fingerprint density at radius 1 is 1.55 bits per heavy atom. The summed E-state index contributed by atoms with van der Waals surface area (Å²) in [5.74, 6) is -0.583. The number of carboxylic acid groups (broad SMARTS) is 1. The van der Waals surface area contributed by atoms with Crippen molar-refractivity contribution in [3.8, 4) is 6.07 Å². The monoisotopic (exact) mass is 281 g/mol. The van der Waals surface area contributed by atoms with E-state index in [1.807, 2.05) is 13.0 Å². The van der Waals surface area contributed by atoms with E-state index in [1.165, 1.54) is 9.80 Å². The molecule has 6 heteroatoms. The summed E-state index contributed by atoms with van der Waals surface area (Å²) in [5.41, 5.74) is 0. The van der Waals surface area contributed by atoms with Crippen molar-refractivity contribution >= 4 is 12.0 Å². The minimum absolute atomic E-state index is 0.217. The lowest BCUT2D eigenvalue weighted by atomic mass is 9.89. The van der Waals surface area contributed by atoms with Gasteiger partial charge in [-0.2, -0.15) is 5.26 Å². The van der Waals surface area contributed by atoms with Crippen LogP contribution >= 0.6 is 0 Å². The van der Waals surface area contributed by atoms with E-state index in [4.69, 9.17) is 5.26 Å². The van der Waals surface area contributed by atoms with Crippen LogP contribution in [0, 0.1) is 17.2 Å². The van der Waals surface area contributed by atoms with E-state index in [2.05, 4.69) is 0 Å². The van der Waals surface area contributed by atoms with Gasteiger partial charge >= 0.3 is 12.0 Å². The van der Waals surface area contributed by atoms with Crippen molar-refractivity contribution in [1.29, 1.82) is 5.26 Å². The molecule has 0 aromatic rings. The summed E-state index contributed by atoms with van der Waals surface area (Å²) in [7, 11) is 1.62. The van der Waals surface area contributed by atoms with Gasteiger partial charge in [0.2, 0.25) is 0 Å². The number of hydrogen-bond acceptors (Lipinski definition) is 3. The fraction of sp³-hybridized carbons (Fsp3) is 0.786. The minimum atomic E-state index is -0.946. The van der Waals surface area contributed by atoms with Gasteiger partial charge in [0.1, 0.15) is 6.04 Å². The second-order valence-electron chi connectivity index (χ2n) is 5.45. The highest BCUT2D eigenvalue weighted by molar-refractivity contribution is 5.83. The lowest BCUT2D eigenvalue weighted by Crippen LogP contribution is -2.55. The summed E-state index contributed by atoms with van der Waals surface area (Å²) in [4.78, 5) is 26.7. The van der Waals surface area contributed by atoms with Crippen molar-refractivity contribution in [2.24, 2.45) is 5.92 Å². The molecule has 1 heterocycles. The van der Waals surface area contributed by atoms with E-state index in [1.54, 1.807) is 14.0 Å². The SMILES string of the molecule is CCC1CCN(C(=O)N(C)C(C)CC#N)C(C(=O)O)C1. The molecule has 112 valence electrons. The summed E-state index contributed by atoms with van der Waals surface area (Å²) in [5, 5.41) is 18.0. The second kappa shape index (κ2) is 7.13. The number of hydrogen-bond donors (Lipinski definition) is 1. The highest BCUT2D eigenvalue weighted by Crippen LogP contribution is 2.26. The Kier molecular flexibility index (Phi) is 5.81. The molecule has 1 aliphatic rings. The van der Waals surface area contributed by atoms with Crippen LogP contribution in [0.4, 0.5) is 4.79 Å². The van der Waals surface area contributed by atoms with Crippen LogP contribution in [0.1, 0.15) is 39.5 Å². The number of carbonyl (C=O) groups excluding carboxylic acids is 1. The van der Waals surface area contributed by atoms with E-state index in [0.717, 1.165) is 12.8 Å². The maximum absolute atomic E-state index is 12.4. The molecule has 1 rings (SSSR count). The molecule has 0 spiro atoms. The van der Waals surface area contributed by atoms with Crippen molar-refractivity contribution < 1.29 is 14.7 Å². The number of aliphatic carboxylic acids is 1. The average molecular weight is 281 g/mol. The van der Waals surface area contributed by atoms with Gasteiger partial charge in [0.15, 0.2) is 0 Å². The van der Waals surface area contributed by atoms with Crippen molar-refractivity contribution in [1.82, 2.24) is 9.80 Å². The third-order valence-corrected chi connectivity index (χ3v) is 4.17. The highest BCUT2D eigenvalue weighted by atomic mass is 16.4. The minimum Gasteiger partial charge on any atom is -0.480 e. The Morgan fingerprint density at radius 2 is 2.20 bits per heavy atom. The molecule has 0 aromatic heterocycles. The predicted molar refractivity (Wildman–Crippen MR) is 74.0 cm³/mol. The summed E-state index contributed by atoms with van der Waals surface area (Å²) in [6.07, 6.45) is 2.53. The average Bonchev–Trinajstić information content (AvgIpc) is 2.45. The largest absolute Gasteiger partial charge is 0.480 e. The number of piperidine rings is 1. The maximum Gasteiger partial charge on any atom is 0.326 e. The van der Waals surface area contributed by atoms with E-state index in [-0.39, 0.29) is 18.5 Å². The van der Waals surface area contributed by atoms with Gasteiger partial charge < -0.3 is 14.9 Å². The molecule has 0 aromatic carbocycles.